The number of sulfonamides is 1. The van der Waals surface area contributed by atoms with Crippen molar-refractivity contribution in [2.75, 3.05) is 5.32 Å². The highest BCUT2D eigenvalue weighted by Gasteiger charge is 2.21. The Morgan fingerprint density at radius 1 is 1.24 bits per heavy atom. The van der Waals surface area contributed by atoms with Gasteiger partial charge in [-0.25, -0.2) is 23.3 Å². The number of aromatic nitrogens is 6. The van der Waals surface area contributed by atoms with Gasteiger partial charge in [0.25, 0.3) is 5.62 Å². The summed E-state index contributed by atoms with van der Waals surface area (Å²) in [6.07, 6.45) is 5.03. The van der Waals surface area contributed by atoms with E-state index in [1.165, 1.54) is 22.8 Å². The largest absolute Gasteiger partial charge is 0.493 e. The van der Waals surface area contributed by atoms with Gasteiger partial charge in [-0.3, -0.25) is 4.98 Å². The molecule has 1 saturated carbocycles. The predicted octanol–water partition coefficient (Wildman–Crippen LogP) is -1.28. The molecule has 1 fully saturated rings. The first-order valence-electron chi connectivity index (χ1n) is 9.94. The van der Waals surface area contributed by atoms with Gasteiger partial charge in [-0.2, -0.15) is 19.6 Å². The molecule has 170 valence electrons. The van der Waals surface area contributed by atoms with E-state index in [2.05, 4.69) is 35.3 Å². The second kappa shape index (κ2) is 7.83. The van der Waals surface area contributed by atoms with Gasteiger partial charge in [0.2, 0.25) is 21.9 Å². The van der Waals surface area contributed by atoms with Crippen molar-refractivity contribution >= 4 is 27.7 Å². The van der Waals surface area contributed by atoms with E-state index in [1.54, 1.807) is 18.2 Å². The number of rotatable bonds is 6. The summed E-state index contributed by atoms with van der Waals surface area (Å²) < 4.78 is 24.3. The maximum Gasteiger partial charge on any atom is 0.326 e. The predicted molar refractivity (Wildman–Crippen MR) is 116 cm³/mol. The van der Waals surface area contributed by atoms with Crippen LogP contribution in [0.25, 0.3) is 11.7 Å². The van der Waals surface area contributed by atoms with Crippen molar-refractivity contribution in [3.05, 3.63) is 63.0 Å². The Kier molecular flexibility index (Phi) is 4.94. The monoisotopic (exact) mass is 469 g/mol. The first-order valence-corrected chi connectivity index (χ1v) is 11.5. The van der Waals surface area contributed by atoms with Crippen molar-refractivity contribution in [2.24, 2.45) is 10.1 Å². The molecule has 13 nitrogen and oxygen atoms in total. The lowest BCUT2D eigenvalue weighted by Gasteiger charge is -2.06. The van der Waals surface area contributed by atoms with Gasteiger partial charge < -0.3 is 15.4 Å². The molecule has 14 heteroatoms. The molecule has 1 aromatic carbocycles. The van der Waals surface area contributed by atoms with Crippen LogP contribution >= 0.6 is 0 Å². The van der Waals surface area contributed by atoms with Crippen LogP contribution in [0.3, 0.4) is 0 Å². The average molecular weight is 469 g/mol. The molecule has 0 radical (unpaired) electrons. The molecule has 0 atom stereocenters. The van der Waals surface area contributed by atoms with Crippen molar-refractivity contribution in [2.45, 2.75) is 30.3 Å². The third-order valence-electron chi connectivity index (χ3n) is 4.96. The van der Waals surface area contributed by atoms with Crippen LogP contribution in [0.4, 0.5) is 5.95 Å². The Morgan fingerprint density at radius 3 is 2.64 bits per heavy atom. The van der Waals surface area contributed by atoms with E-state index in [9.17, 15) is 18.3 Å². The van der Waals surface area contributed by atoms with Crippen LogP contribution in [0.2, 0.25) is 0 Å². The number of aromatic hydroxyl groups is 1. The van der Waals surface area contributed by atoms with Crippen LogP contribution in [0.1, 0.15) is 24.1 Å². The molecular weight excluding hydrogens is 450 g/mol. The number of H-pyrrole nitrogens is 2. The zero-order valence-corrected chi connectivity index (χ0v) is 17.9. The average Bonchev–Trinajstić information content (AvgIpc) is 3.40. The Labute approximate surface area is 185 Å². The molecule has 0 amide bonds. The molecule has 5 rings (SSSR count). The standard InChI is InChI=1S/C19H19N9O4S/c20-33(31,32)13-5-1-10(2-6-13)8-21-17-25-15-11(7-14-16(29)26-19(30)24-14)9-22-28(15)18(27-17)23-12-3-4-12/h1-2,5-7,9,12,29H,3-4,8H2,(H2,20,31,32)(H,21,23,27)(H2,24,26,30)/b11-7+. The quantitative estimate of drug-likeness (QED) is 0.230. The van der Waals surface area contributed by atoms with Crippen molar-refractivity contribution < 1.29 is 13.5 Å². The number of hydrogen-bond donors (Lipinski definition) is 5. The third-order valence-corrected chi connectivity index (χ3v) is 5.89. The van der Waals surface area contributed by atoms with Gasteiger partial charge >= 0.3 is 5.69 Å². The second-order valence-electron chi connectivity index (χ2n) is 7.57. The molecule has 0 unspecified atom stereocenters. The first-order chi connectivity index (χ1) is 15.8. The van der Waals surface area contributed by atoms with Crippen molar-refractivity contribution in [1.29, 1.82) is 0 Å². The first kappa shape index (κ1) is 20.8. The molecular formula is C19H19N9O4S. The summed E-state index contributed by atoms with van der Waals surface area (Å²) in [5.74, 6) is -0.00283. The van der Waals surface area contributed by atoms with E-state index >= 15 is 0 Å². The molecule has 6 N–H and O–H groups in total. The zero-order valence-electron chi connectivity index (χ0n) is 17.1. The molecule has 0 spiro atoms. The van der Waals surface area contributed by atoms with Gasteiger partial charge in [0, 0.05) is 11.8 Å². The van der Waals surface area contributed by atoms with Gasteiger partial charge in [-0.1, -0.05) is 12.1 Å². The van der Waals surface area contributed by atoms with E-state index in [0.717, 1.165) is 18.4 Å². The number of hydrogen-bond acceptors (Lipinski definition) is 9. The van der Waals surface area contributed by atoms with E-state index in [-0.39, 0.29) is 22.5 Å². The fraction of sp³-hybridized carbons (Fsp3) is 0.211. The van der Waals surface area contributed by atoms with Gasteiger partial charge in [0.15, 0.2) is 5.65 Å². The summed E-state index contributed by atoms with van der Waals surface area (Å²) in [6.45, 7) is 0.322. The molecule has 0 saturated heterocycles. The van der Waals surface area contributed by atoms with E-state index in [4.69, 9.17) is 5.14 Å². The van der Waals surface area contributed by atoms with Crippen molar-refractivity contribution in [1.82, 2.24) is 29.5 Å². The normalized spacial score (nSPS) is 15.4. The minimum atomic E-state index is -3.76. The molecule has 1 aliphatic rings. The summed E-state index contributed by atoms with van der Waals surface area (Å²) in [5, 5.41) is 23.0. The number of primary sulfonamides is 1. The SMILES string of the molecule is NS(=O)(=O)c1ccc(CNc2nc(=NC3CC3)n3nc/c(=C\c4[nH]c(=O)[nH]c4O)c3n2)cc1. The molecule has 3 aromatic heterocycles. The Bertz CT molecular complexity index is 1630. The lowest BCUT2D eigenvalue weighted by atomic mass is 10.2. The Balaban J connectivity index is 1.52. The summed E-state index contributed by atoms with van der Waals surface area (Å²) in [7, 11) is -3.76. The van der Waals surface area contributed by atoms with E-state index < -0.39 is 15.7 Å². The molecule has 3 heterocycles. The zero-order chi connectivity index (χ0) is 23.2. The minimum Gasteiger partial charge on any atom is -0.493 e. The van der Waals surface area contributed by atoms with Crippen LogP contribution < -0.4 is 27.0 Å². The lowest BCUT2D eigenvalue weighted by molar-refractivity contribution is 0.454. The summed E-state index contributed by atoms with van der Waals surface area (Å²) in [5.41, 5.74) is 1.25. The Morgan fingerprint density at radius 2 is 2.00 bits per heavy atom. The molecule has 0 aliphatic heterocycles. The highest BCUT2D eigenvalue weighted by molar-refractivity contribution is 7.89. The summed E-state index contributed by atoms with van der Waals surface area (Å²) in [6, 6.07) is 6.33. The number of imidazole rings is 1. The minimum absolute atomic E-state index is 0.0277. The summed E-state index contributed by atoms with van der Waals surface area (Å²) in [4.78, 5) is 29.8. The van der Waals surface area contributed by atoms with Crippen LogP contribution in [-0.4, -0.2) is 49.1 Å². The van der Waals surface area contributed by atoms with Crippen molar-refractivity contribution in [3.8, 4) is 5.88 Å². The fourth-order valence-corrected chi connectivity index (χ4v) is 3.65. The van der Waals surface area contributed by atoms with E-state index in [0.29, 0.717) is 29.0 Å². The summed E-state index contributed by atoms with van der Waals surface area (Å²) >= 11 is 0. The van der Waals surface area contributed by atoms with Crippen LogP contribution in [0.15, 0.2) is 45.1 Å². The number of nitrogens with zero attached hydrogens (tertiary/aromatic N) is 5. The van der Waals surface area contributed by atoms with Gasteiger partial charge in [-0.05, 0) is 36.6 Å². The topological polar surface area (TPSA) is 197 Å². The highest BCUT2D eigenvalue weighted by atomic mass is 32.2. The van der Waals surface area contributed by atoms with Gasteiger partial charge in [-0.15, -0.1) is 0 Å². The van der Waals surface area contributed by atoms with Crippen LogP contribution in [-0.2, 0) is 16.6 Å². The highest BCUT2D eigenvalue weighted by Crippen LogP contribution is 2.22. The smallest absolute Gasteiger partial charge is 0.326 e. The number of nitrogens with two attached hydrogens (primary N) is 1. The maximum absolute atomic E-state index is 11.4. The Hall–Kier alpha value is -4.04. The second-order valence-corrected chi connectivity index (χ2v) is 9.13. The number of benzene rings is 1. The lowest BCUT2D eigenvalue weighted by Crippen LogP contribution is -2.24. The van der Waals surface area contributed by atoms with E-state index in [1.807, 2.05) is 0 Å². The maximum atomic E-state index is 11.4. The molecule has 4 aromatic rings. The van der Waals surface area contributed by atoms with Crippen LogP contribution in [0.5, 0.6) is 5.88 Å². The third kappa shape index (κ3) is 4.47. The van der Waals surface area contributed by atoms with Crippen LogP contribution in [0, 0.1) is 0 Å². The molecule has 0 bridgehead atoms. The fourth-order valence-electron chi connectivity index (χ4n) is 3.14. The van der Waals surface area contributed by atoms with Gasteiger partial charge in [0.05, 0.1) is 17.1 Å². The number of anilines is 1. The number of fused-ring (bicyclic) bond motifs is 1. The molecule has 33 heavy (non-hydrogen) atoms. The van der Waals surface area contributed by atoms with Gasteiger partial charge in [0.1, 0.15) is 5.69 Å². The molecule has 1 aliphatic carbocycles. The number of nitrogens with one attached hydrogen (secondary N) is 3. The van der Waals surface area contributed by atoms with Crippen molar-refractivity contribution in [3.63, 3.8) is 0 Å². The number of aromatic amines is 2.